The highest BCUT2D eigenvalue weighted by Gasteiger charge is 2.31. The van der Waals surface area contributed by atoms with Gasteiger partial charge in [0.05, 0.1) is 25.0 Å². The Balaban J connectivity index is 1.60. The van der Waals surface area contributed by atoms with E-state index >= 15 is 0 Å². The van der Waals surface area contributed by atoms with Crippen molar-refractivity contribution >= 4 is 16.9 Å². The molecule has 1 aromatic carbocycles. The largest absolute Gasteiger partial charge is 0.464 e. The van der Waals surface area contributed by atoms with Crippen LogP contribution < -0.4 is 0 Å². The van der Waals surface area contributed by atoms with Crippen LogP contribution in [0.4, 0.5) is 4.39 Å². The molecule has 4 rings (SSSR count). The summed E-state index contributed by atoms with van der Waals surface area (Å²) in [6.45, 7) is 2.88. The summed E-state index contributed by atoms with van der Waals surface area (Å²) in [6, 6.07) is 4.16. The van der Waals surface area contributed by atoms with Crippen molar-refractivity contribution in [1.82, 2.24) is 15.1 Å². The molecule has 3 aromatic rings. The molecule has 8 heteroatoms. The highest BCUT2D eigenvalue weighted by Crippen LogP contribution is 2.26. The van der Waals surface area contributed by atoms with E-state index in [9.17, 15) is 9.18 Å². The number of furan rings is 1. The molecule has 3 heterocycles. The van der Waals surface area contributed by atoms with Crippen LogP contribution in [-0.2, 0) is 11.2 Å². The van der Waals surface area contributed by atoms with Gasteiger partial charge in [0.2, 0.25) is 11.8 Å². The Kier molecular flexibility index (Phi) is 3.96. The van der Waals surface area contributed by atoms with Gasteiger partial charge in [-0.3, -0.25) is 4.79 Å². The number of benzene rings is 1. The zero-order chi connectivity index (χ0) is 17.4. The van der Waals surface area contributed by atoms with Crippen molar-refractivity contribution in [2.24, 2.45) is 0 Å². The number of halogens is 1. The van der Waals surface area contributed by atoms with E-state index in [0.29, 0.717) is 42.3 Å². The Labute approximate surface area is 142 Å². The Bertz CT molecular complexity index is 920. The van der Waals surface area contributed by atoms with Crippen LogP contribution in [0, 0.1) is 5.82 Å². The molecule has 1 saturated heterocycles. The summed E-state index contributed by atoms with van der Waals surface area (Å²) >= 11 is 0. The summed E-state index contributed by atoms with van der Waals surface area (Å²) in [7, 11) is 0. The average Bonchev–Trinajstić information content (AvgIpc) is 3.29. The molecule has 0 N–H and O–H groups in total. The smallest absolute Gasteiger partial charge is 0.257 e. The Hall–Kier alpha value is -2.74. The van der Waals surface area contributed by atoms with E-state index in [2.05, 4.69) is 10.2 Å². The van der Waals surface area contributed by atoms with E-state index in [1.54, 1.807) is 11.0 Å². The maximum absolute atomic E-state index is 13.8. The number of carbonyl (C=O) groups excluding carboxylic acids is 1. The fourth-order valence-corrected chi connectivity index (χ4v) is 2.90. The summed E-state index contributed by atoms with van der Waals surface area (Å²) in [6.07, 6.45) is 1.57. The lowest BCUT2D eigenvalue weighted by atomic mass is 10.1. The highest BCUT2D eigenvalue weighted by molar-refractivity contribution is 6.04. The number of fused-ring (bicyclic) bond motifs is 1. The molecule has 1 aliphatic heterocycles. The van der Waals surface area contributed by atoms with E-state index in [1.807, 2.05) is 6.92 Å². The van der Waals surface area contributed by atoms with Gasteiger partial charge in [-0.05, 0) is 18.2 Å². The van der Waals surface area contributed by atoms with Crippen LogP contribution in [0.15, 0.2) is 33.3 Å². The monoisotopic (exact) mass is 345 g/mol. The predicted octanol–water partition coefficient (Wildman–Crippen LogP) is 2.73. The number of nitrogens with zero attached hydrogens (tertiary/aromatic N) is 3. The molecule has 0 spiro atoms. The Morgan fingerprint density at radius 2 is 2.28 bits per heavy atom. The van der Waals surface area contributed by atoms with Crippen LogP contribution in [0.1, 0.15) is 35.2 Å². The molecule has 2 aromatic heterocycles. The SMILES string of the molecule is CCc1nnc(C2CN(C(=O)c3cc(F)cc4ccoc34)CCO2)o1. The van der Waals surface area contributed by atoms with E-state index in [-0.39, 0.29) is 18.0 Å². The quantitative estimate of drug-likeness (QED) is 0.726. The van der Waals surface area contributed by atoms with E-state index < -0.39 is 11.9 Å². The number of hydrogen-bond acceptors (Lipinski definition) is 6. The molecule has 0 bridgehead atoms. The number of rotatable bonds is 3. The lowest BCUT2D eigenvalue weighted by molar-refractivity contribution is -0.0350. The fourth-order valence-electron chi connectivity index (χ4n) is 2.90. The molecule has 7 nitrogen and oxygen atoms in total. The minimum atomic E-state index is -0.494. The molecule has 1 fully saturated rings. The van der Waals surface area contributed by atoms with Gasteiger partial charge >= 0.3 is 0 Å². The molecule has 130 valence electrons. The molecular weight excluding hydrogens is 329 g/mol. The number of aromatic nitrogens is 2. The summed E-state index contributed by atoms with van der Waals surface area (Å²) < 4.78 is 30.3. The van der Waals surface area contributed by atoms with Crippen molar-refractivity contribution in [2.45, 2.75) is 19.4 Å². The fraction of sp³-hybridized carbons (Fsp3) is 0.353. The molecule has 25 heavy (non-hydrogen) atoms. The standard InChI is InChI=1S/C17H16FN3O4/c1-2-14-19-20-16(25-14)13-9-21(4-6-23-13)17(22)12-8-11(18)7-10-3-5-24-15(10)12/h3,5,7-8,13H,2,4,6,9H2,1H3. The normalized spacial score (nSPS) is 18.0. The summed E-state index contributed by atoms with van der Waals surface area (Å²) in [5, 5.41) is 8.45. The maximum atomic E-state index is 13.8. The van der Waals surface area contributed by atoms with Gasteiger partial charge in [0.15, 0.2) is 6.10 Å². The van der Waals surface area contributed by atoms with Crippen molar-refractivity contribution in [2.75, 3.05) is 19.7 Å². The van der Waals surface area contributed by atoms with Gasteiger partial charge < -0.3 is 18.5 Å². The average molecular weight is 345 g/mol. The number of aryl methyl sites for hydroxylation is 1. The van der Waals surface area contributed by atoms with Gasteiger partial charge in [0, 0.05) is 18.4 Å². The molecule has 1 unspecified atom stereocenters. The molecule has 1 atom stereocenters. The third kappa shape index (κ3) is 2.89. The number of morpholine rings is 1. The van der Waals surface area contributed by atoms with Crippen LogP contribution in [-0.4, -0.2) is 40.7 Å². The van der Waals surface area contributed by atoms with Crippen molar-refractivity contribution in [3.8, 4) is 0 Å². The number of amides is 1. The lowest BCUT2D eigenvalue weighted by Gasteiger charge is -2.31. The molecular formula is C17H16FN3O4. The highest BCUT2D eigenvalue weighted by atomic mass is 19.1. The van der Waals surface area contributed by atoms with Gasteiger partial charge in [0.1, 0.15) is 11.4 Å². The lowest BCUT2D eigenvalue weighted by Crippen LogP contribution is -2.42. The van der Waals surface area contributed by atoms with Gasteiger partial charge in [-0.1, -0.05) is 6.92 Å². The van der Waals surface area contributed by atoms with Crippen LogP contribution >= 0.6 is 0 Å². The van der Waals surface area contributed by atoms with E-state index in [1.165, 1.54) is 18.4 Å². The molecule has 0 saturated carbocycles. The summed E-state index contributed by atoms with van der Waals surface area (Å²) in [5.74, 6) is 0.0655. The zero-order valence-electron chi connectivity index (χ0n) is 13.6. The topological polar surface area (TPSA) is 81.6 Å². The van der Waals surface area contributed by atoms with E-state index in [0.717, 1.165) is 0 Å². The number of carbonyl (C=O) groups is 1. The van der Waals surface area contributed by atoms with Gasteiger partial charge in [-0.25, -0.2) is 4.39 Å². The Morgan fingerprint density at radius 1 is 1.40 bits per heavy atom. The third-order valence-corrected chi connectivity index (χ3v) is 4.16. The first-order chi connectivity index (χ1) is 12.2. The first-order valence-electron chi connectivity index (χ1n) is 8.05. The molecule has 0 radical (unpaired) electrons. The van der Waals surface area contributed by atoms with Crippen LogP contribution in [0.5, 0.6) is 0 Å². The van der Waals surface area contributed by atoms with Crippen LogP contribution in [0.2, 0.25) is 0 Å². The second-order valence-electron chi connectivity index (χ2n) is 5.79. The van der Waals surface area contributed by atoms with Crippen molar-refractivity contribution in [3.63, 3.8) is 0 Å². The minimum Gasteiger partial charge on any atom is -0.464 e. The van der Waals surface area contributed by atoms with Gasteiger partial charge in [-0.2, -0.15) is 0 Å². The van der Waals surface area contributed by atoms with Crippen LogP contribution in [0.3, 0.4) is 0 Å². The third-order valence-electron chi connectivity index (χ3n) is 4.16. The van der Waals surface area contributed by atoms with E-state index in [4.69, 9.17) is 13.6 Å². The van der Waals surface area contributed by atoms with Gasteiger partial charge in [0.25, 0.3) is 5.91 Å². The summed E-state index contributed by atoms with van der Waals surface area (Å²) in [5.41, 5.74) is 0.570. The summed E-state index contributed by atoms with van der Waals surface area (Å²) in [4.78, 5) is 14.5. The maximum Gasteiger partial charge on any atom is 0.257 e. The predicted molar refractivity (Wildman–Crippen MR) is 84.4 cm³/mol. The molecule has 1 amide bonds. The van der Waals surface area contributed by atoms with Crippen molar-refractivity contribution in [3.05, 3.63) is 47.6 Å². The minimum absolute atomic E-state index is 0.195. The number of hydrogen-bond donors (Lipinski definition) is 0. The van der Waals surface area contributed by atoms with Crippen LogP contribution in [0.25, 0.3) is 11.0 Å². The molecule has 0 aliphatic carbocycles. The first-order valence-corrected chi connectivity index (χ1v) is 8.05. The van der Waals surface area contributed by atoms with Gasteiger partial charge in [-0.15, -0.1) is 10.2 Å². The number of ether oxygens (including phenoxy) is 1. The Morgan fingerprint density at radius 3 is 3.08 bits per heavy atom. The second-order valence-corrected chi connectivity index (χ2v) is 5.79. The van der Waals surface area contributed by atoms with Crippen molar-refractivity contribution < 1.29 is 22.8 Å². The first kappa shape index (κ1) is 15.8. The molecule has 1 aliphatic rings. The second kappa shape index (κ2) is 6.29. The van der Waals surface area contributed by atoms with Crippen molar-refractivity contribution in [1.29, 1.82) is 0 Å². The zero-order valence-corrected chi connectivity index (χ0v) is 13.6.